The number of nitrogens with two attached hydrogens (primary N) is 1. The number of hydrogen-bond donors (Lipinski definition) is 1. The van der Waals surface area contributed by atoms with Gasteiger partial charge in [-0.1, -0.05) is 0 Å². The highest BCUT2D eigenvalue weighted by Crippen LogP contribution is 2.31. The Kier molecular flexibility index (Phi) is 2.96. The van der Waals surface area contributed by atoms with Gasteiger partial charge in [-0.05, 0) is 31.8 Å². The number of rotatable bonds is 1. The molecule has 1 unspecified atom stereocenters. The third-order valence-electron chi connectivity index (χ3n) is 3.02. The molecule has 4 heteroatoms. The Morgan fingerprint density at radius 1 is 1.33 bits per heavy atom. The minimum Gasteiger partial charge on any atom is -0.369 e. The standard InChI is InChI=1S/C8H14N2O.ClH/c9-8(11)7-5-10-3-1-6(7)2-4-10;/h6-7H,1-5H2,(H2,9,11);1H. The van der Waals surface area contributed by atoms with Crippen LogP contribution in [0.3, 0.4) is 0 Å². The molecule has 1 amide bonds. The fourth-order valence-corrected chi connectivity index (χ4v) is 2.29. The summed E-state index contributed by atoms with van der Waals surface area (Å²) in [6.45, 7) is 3.27. The van der Waals surface area contributed by atoms with Crippen LogP contribution in [0.25, 0.3) is 0 Å². The normalized spacial score (nSPS) is 38.8. The Balaban J connectivity index is 0.000000720. The van der Waals surface area contributed by atoms with Gasteiger partial charge in [0.1, 0.15) is 0 Å². The number of piperidine rings is 3. The first kappa shape index (κ1) is 9.81. The molecule has 3 saturated heterocycles. The van der Waals surface area contributed by atoms with Crippen molar-refractivity contribution in [2.45, 2.75) is 12.8 Å². The van der Waals surface area contributed by atoms with Crippen molar-refractivity contribution in [3.05, 3.63) is 0 Å². The van der Waals surface area contributed by atoms with Crippen LogP contribution in [0.1, 0.15) is 12.8 Å². The second-order valence-electron chi connectivity index (χ2n) is 3.65. The van der Waals surface area contributed by atoms with Gasteiger partial charge in [-0.2, -0.15) is 0 Å². The average molecular weight is 191 g/mol. The van der Waals surface area contributed by atoms with Gasteiger partial charge in [-0.15, -0.1) is 12.4 Å². The van der Waals surface area contributed by atoms with Crippen molar-refractivity contribution in [1.82, 2.24) is 4.90 Å². The number of hydrogen-bond acceptors (Lipinski definition) is 2. The summed E-state index contributed by atoms with van der Waals surface area (Å²) in [5, 5.41) is 0. The topological polar surface area (TPSA) is 46.3 Å². The molecule has 3 aliphatic rings. The SMILES string of the molecule is Cl.NC(=O)C1CN2CCC1CC2. The summed E-state index contributed by atoms with van der Waals surface area (Å²) >= 11 is 0. The first-order valence-corrected chi connectivity index (χ1v) is 4.29. The van der Waals surface area contributed by atoms with Crippen molar-refractivity contribution >= 4 is 18.3 Å². The molecule has 12 heavy (non-hydrogen) atoms. The van der Waals surface area contributed by atoms with Crippen molar-refractivity contribution in [1.29, 1.82) is 0 Å². The van der Waals surface area contributed by atoms with Gasteiger partial charge >= 0.3 is 0 Å². The summed E-state index contributed by atoms with van der Waals surface area (Å²) in [5.41, 5.74) is 5.29. The van der Waals surface area contributed by atoms with Crippen LogP contribution in [0, 0.1) is 11.8 Å². The molecule has 3 nitrogen and oxygen atoms in total. The lowest BCUT2D eigenvalue weighted by molar-refractivity contribution is -0.127. The molecule has 2 N–H and O–H groups in total. The molecule has 0 aromatic heterocycles. The molecule has 70 valence electrons. The second-order valence-corrected chi connectivity index (χ2v) is 3.65. The Labute approximate surface area is 78.7 Å². The van der Waals surface area contributed by atoms with Crippen LogP contribution < -0.4 is 5.73 Å². The lowest BCUT2D eigenvalue weighted by atomic mass is 9.79. The third-order valence-corrected chi connectivity index (χ3v) is 3.02. The molecule has 0 saturated carbocycles. The predicted octanol–water partition coefficient (Wildman–Crippen LogP) is 0.235. The van der Waals surface area contributed by atoms with Gasteiger partial charge in [0.05, 0.1) is 5.92 Å². The molecule has 3 fully saturated rings. The number of primary amides is 1. The van der Waals surface area contributed by atoms with Crippen molar-refractivity contribution < 1.29 is 4.79 Å². The van der Waals surface area contributed by atoms with Crippen molar-refractivity contribution in [2.75, 3.05) is 19.6 Å². The van der Waals surface area contributed by atoms with E-state index in [0.29, 0.717) is 5.92 Å². The first-order chi connectivity index (χ1) is 5.27. The van der Waals surface area contributed by atoms with Crippen LogP contribution in [-0.2, 0) is 4.79 Å². The van der Waals surface area contributed by atoms with Gasteiger partial charge in [0.2, 0.25) is 5.91 Å². The van der Waals surface area contributed by atoms with Gasteiger partial charge < -0.3 is 10.6 Å². The number of halogens is 1. The highest BCUT2D eigenvalue weighted by molar-refractivity contribution is 5.85. The predicted molar refractivity (Wildman–Crippen MR) is 49.1 cm³/mol. The van der Waals surface area contributed by atoms with E-state index in [9.17, 15) is 4.79 Å². The molecule has 0 aromatic rings. The third kappa shape index (κ3) is 1.57. The molecule has 0 radical (unpaired) electrons. The molecule has 3 heterocycles. The Morgan fingerprint density at radius 3 is 2.17 bits per heavy atom. The Bertz CT molecular complexity index is 178. The maximum atomic E-state index is 10.9. The van der Waals surface area contributed by atoms with E-state index in [1.165, 1.54) is 25.9 Å². The van der Waals surface area contributed by atoms with Crippen molar-refractivity contribution in [3.8, 4) is 0 Å². The molecule has 0 aromatic carbocycles. The number of fused-ring (bicyclic) bond motifs is 3. The van der Waals surface area contributed by atoms with Gasteiger partial charge in [-0.3, -0.25) is 4.79 Å². The van der Waals surface area contributed by atoms with Gasteiger partial charge in [0, 0.05) is 6.54 Å². The molecule has 3 aliphatic heterocycles. The summed E-state index contributed by atoms with van der Waals surface area (Å²) in [6, 6.07) is 0. The molecule has 0 spiro atoms. The zero-order valence-electron chi connectivity index (χ0n) is 7.03. The maximum absolute atomic E-state index is 10.9. The zero-order valence-corrected chi connectivity index (χ0v) is 7.85. The Hall–Kier alpha value is -0.280. The quantitative estimate of drug-likeness (QED) is 0.644. The molecule has 3 rings (SSSR count). The molecule has 2 bridgehead atoms. The van der Waals surface area contributed by atoms with Crippen LogP contribution in [0.2, 0.25) is 0 Å². The maximum Gasteiger partial charge on any atom is 0.222 e. The van der Waals surface area contributed by atoms with Crippen LogP contribution in [0.5, 0.6) is 0 Å². The largest absolute Gasteiger partial charge is 0.369 e. The van der Waals surface area contributed by atoms with Crippen molar-refractivity contribution in [2.24, 2.45) is 17.6 Å². The number of nitrogens with zero attached hydrogens (tertiary/aromatic N) is 1. The molecular weight excluding hydrogens is 176 g/mol. The van der Waals surface area contributed by atoms with Crippen LogP contribution in [0.4, 0.5) is 0 Å². The van der Waals surface area contributed by atoms with Crippen LogP contribution in [-0.4, -0.2) is 30.4 Å². The van der Waals surface area contributed by atoms with Gasteiger partial charge in [-0.25, -0.2) is 0 Å². The first-order valence-electron chi connectivity index (χ1n) is 4.29. The lowest BCUT2D eigenvalue weighted by Gasteiger charge is -2.43. The number of amides is 1. The summed E-state index contributed by atoms with van der Waals surface area (Å²) in [6.07, 6.45) is 2.35. The van der Waals surface area contributed by atoms with E-state index in [1.54, 1.807) is 0 Å². The highest BCUT2D eigenvalue weighted by Gasteiger charge is 2.36. The highest BCUT2D eigenvalue weighted by atomic mass is 35.5. The molecular formula is C8H15ClN2O. The zero-order chi connectivity index (χ0) is 7.84. The van der Waals surface area contributed by atoms with E-state index < -0.39 is 0 Å². The fourth-order valence-electron chi connectivity index (χ4n) is 2.29. The summed E-state index contributed by atoms with van der Waals surface area (Å²) in [4.78, 5) is 13.3. The number of carbonyl (C=O) groups is 1. The van der Waals surface area contributed by atoms with E-state index in [-0.39, 0.29) is 24.2 Å². The molecule has 0 aliphatic carbocycles. The number of carbonyl (C=O) groups excluding carboxylic acids is 1. The average Bonchev–Trinajstić information content (AvgIpc) is 2.06. The van der Waals surface area contributed by atoms with Gasteiger partial charge in [0.15, 0.2) is 0 Å². The van der Waals surface area contributed by atoms with Crippen LogP contribution in [0.15, 0.2) is 0 Å². The van der Waals surface area contributed by atoms with Crippen LogP contribution >= 0.6 is 12.4 Å². The van der Waals surface area contributed by atoms with Gasteiger partial charge in [0.25, 0.3) is 0 Å². The fraction of sp³-hybridized carbons (Fsp3) is 0.875. The smallest absolute Gasteiger partial charge is 0.222 e. The van der Waals surface area contributed by atoms with E-state index in [0.717, 1.165) is 6.54 Å². The van der Waals surface area contributed by atoms with E-state index >= 15 is 0 Å². The Morgan fingerprint density at radius 2 is 1.92 bits per heavy atom. The minimum absolute atomic E-state index is 0. The minimum atomic E-state index is -0.0978. The second kappa shape index (κ2) is 3.62. The summed E-state index contributed by atoms with van der Waals surface area (Å²) in [5.74, 6) is 0.648. The van der Waals surface area contributed by atoms with E-state index in [2.05, 4.69) is 4.90 Å². The molecule has 1 atom stereocenters. The van der Waals surface area contributed by atoms with E-state index in [4.69, 9.17) is 5.73 Å². The van der Waals surface area contributed by atoms with Crippen molar-refractivity contribution in [3.63, 3.8) is 0 Å². The van der Waals surface area contributed by atoms with E-state index in [1.807, 2.05) is 0 Å². The summed E-state index contributed by atoms with van der Waals surface area (Å²) in [7, 11) is 0. The lowest BCUT2D eigenvalue weighted by Crippen LogP contribution is -2.51. The summed E-state index contributed by atoms with van der Waals surface area (Å²) < 4.78 is 0. The monoisotopic (exact) mass is 190 g/mol.